The van der Waals surface area contributed by atoms with Gasteiger partial charge in [-0.2, -0.15) is 0 Å². The molecule has 1 aliphatic heterocycles. The lowest BCUT2D eigenvalue weighted by atomic mass is 9.99. The summed E-state index contributed by atoms with van der Waals surface area (Å²) in [6.45, 7) is 5.75. The Hall–Kier alpha value is -2.38. The molecular weight excluding hydrogens is 907 g/mol. The van der Waals surface area contributed by atoms with Crippen LogP contribution in [0.5, 0.6) is 0 Å². The Labute approximate surface area is 440 Å². The molecule has 1 rings (SSSR count). The van der Waals surface area contributed by atoms with Crippen LogP contribution in [0, 0.1) is 0 Å². The maximum Gasteiger partial charge on any atom is 0.306 e. The zero-order valence-corrected chi connectivity index (χ0v) is 46.3. The van der Waals surface area contributed by atoms with Crippen molar-refractivity contribution < 1.29 is 49.3 Å². The Kier molecular flexibility index (Phi) is 46.5. The molecule has 1 fully saturated rings. The number of unbranched alkanes of at least 4 members (excludes halogenated alkanes) is 30. The number of hydrogen-bond donors (Lipinski definition) is 6. The van der Waals surface area contributed by atoms with Crippen LogP contribution in [0.15, 0.2) is 48.6 Å². The predicted octanol–water partition coefficient (Wildman–Crippen LogP) is 13.7. The molecule has 0 radical (unpaired) electrons. The van der Waals surface area contributed by atoms with E-state index in [2.05, 4.69) is 62.5 Å². The van der Waals surface area contributed by atoms with Crippen LogP contribution in [0.25, 0.3) is 0 Å². The molecule has 6 N–H and O–H groups in total. The fourth-order valence-corrected chi connectivity index (χ4v) is 9.19. The maximum atomic E-state index is 13.4. The first-order valence-corrected chi connectivity index (χ1v) is 29.9. The number of aliphatic hydroxyl groups is 5. The van der Waals surface area contributed by atoms with Gasteiger partial charge in [0.15, 0.2) is 12.4 Å². The lowest BCUT2D eigenvalue weighted by Gasteiger charge is -2.41. The summed E-state index contributed by atoms with van der Waals surface area (Å²) in [5, 5.41) is 56.8. The minimum atomic E-state index is -1.62. The van der Waals surface area contributed by atoms with E-state index in [-0.39, 0.29) is 13.0 Å². The zero-order valence-electron chi connectivity index (χ0n) is 46.3. The third-order valence-corrected chi connectivity index (χ3v) is 14.0. The summed E-state index contributed by atoms with van der Waals surface area (Å²) in [5.74, 6) is -1.20. The van der Waals surface area contributed by atoms with Gasteiger partial charge < -0.3 is 45.1 Å². The average Bonchev–Trinajstić information content (AvgIpc) is 3.38. The summed E-state index contributed by atoms with van der Waals surface area (Å²) in [4.78, 5) is 26.5. The van der Waals surface area contributed by atoms with Gasteiger partial charge in [0, 0.05) is 6.42 Å². The van der Waals surface area contributed by atoms with Crippen molar-refractivity contribution in [2.75, 3.05) is 13.2 Å². The van der Waals surface area contributed by atoms with E-state index in [1.807, 2.05) is 6.08 Å². The second-order valence-electron chi connectivity index (χ2n) is 20.7. The number of rotatable bonds is 50. The van der Waals surface area contributed by atoms with Crippen molar-refractivity contribution in [3.63, 3.8) is 0 Å². The quantitative estimate of drug-likeness (QED) is 0.0195. The highest BCUT2D eigenvalue weighted by Gasteiger charge is 2.47. The molecule has 0 aliphatic carbocycles. The van der Waals surface area contributed by atoms with Crippen molar-refractivity contribution >= 4 is 11.9 Å². The van der Waals surface area contributed by atoms with Gasteiger partial charge in [0.2, 0.25) is 5.91 Å². The van der Waals surface area contributed by atoms with Crippen LogP contribution in [0.3, 0.4) is 0 Å². The van der Waals surface area contributed by atoms with Crippen molar-refractivity contribution in [1.82, 2.24) is 5.32 Å². The first kappa shape index (κ1) is 67.6. The predicted molar refractivity (Wildman–Crippen MR) is 297 cm³/mol. The van der Waals surface area contributed by atoms with Crippen LogP contribution >= 0.6 is 0 Å². The van der Waals surface area contributed by atoms with Crippen molar-refractivity contribution in [1.29, 1.82) is 0 Å². The molecule has 1 aliphatic rings. The molecule has 72 heavy (non-hydrogen) atoms. The lowest BCUT2D eigenvalue weighted by molar-refractivity contribution is -0.305. The number of allylic oxidation sites excluding steroid dienone is 7. The van der Waals surface area contributed by atoms with Crippen molar-refractivity contribution in [3.05, 3.63) is 48.6 Å². The van der Waals surface area contributed by atoms with Gasteiger partial charge in [-0.3, -0.25) is 9.59 Å². The van der Waals surface area contributed by atoms with E-state index in [0.29, 0.717) is 19.3 Å². The van der Waals surface area contributed by atoms with Crippen LogP contribution in [-0.4, -0.2) is 99.6 Å². The highest BCUT2D eigenvalue weighted by atomic mass is 16.7. The molecule has 1 heterocycles. The van der Waals surface area contributed by atoms with E-state index in [4.69, 9.17) is 14.2 Å². The van der Waals surface area contributed by atoms with Crippen LogP contribution in [0.1, 0.15) is 265 Å². The van der Waals surface area contributed by atoms with E-state index in [1.54, 1.807) is 6.08 Å². The van der Waals surface area contributed by atoms with Gasteiger partial charge in [0.1, 0.15) is 24.4 Å². The molecule has 0 bridgehead atoms. The van der Waals surface area contributed by atoms with Crippen LogP contribution in [-0.2, 0) is 23.8 Å². The Morgan fingerprint density at radius 2 is 0.958 bits per heavy atom. The molecule has 0 aromatic rings. The number of carbonyl (C=O) groups excluding carboxylic acids is 2. The molecule has 8 atom stereocenters. The third kappa shape index (κ3) is 37.4. The topological polar surface area (TPSA) is 175 Å². The van der Waals surface area contributed by atoms with Crippen LogP contribution < -0.4 is 5.32 Å². The van der Waals surface area contributed by atoms with Gasteiger partial charge in [-0.1, -0.05) is 243 Å². The van der Waals surface area contributed by atoms with Gasteiger partial charge >= 0.3 is 5.97 Å². The van der Waals surface area contributed by atoms with Gasteiger partial charge in [-0.25, -0.2) is 0 Å². The second-order valence-corrected chi connectivity index (χ2v) is 20.7. The Morgan fingerprint density at radius 1 is 0.542 bits per heavy atom. The molecule has 11 nitrogen and oxygen atoms in total. The standard InChI is InChI=1S/C61H111NO10/c1-4-7-10-13-16-19-22-25-26-27-28-29-30-31-34-37-40-43-46-49-56(66)72-59-58(68)57(67)55(50-63)71-61(59)70-51-52(53(64)47-44-41-38-35-32-23-20-17-14-11-8-5-2)62-60(69)54(65)48-45-42-39-36-33-24-21-18-15-12-9-6-3/h16,19,25-26,28-29,44,47,52-55,57-59,61,63-65,67-68H,4-15,17-18,20-24,27,30-43,45-46,48-51H2,1-3H3,(H,62,69)/b19-16-,26-25-,29-28-,47-44+. The molecule has 420 valence electrons. The summed E-state index contributed by atoms with van der Waals surface area (Å²) in [5.41, 5.74) is 0. The van der Waals surface area contributed by atoms with Gasteiger partial charge in [-0.05, 0) is 64.2 Å². The molecule has 8 unspecified atom stereocenters. The highest BCUT2D eigenvalue weighted by Crippen LogP contribution is 2.26. The Balaban J connectivity index is 2.70. The molecule has 1 amide bonds. The summed E-state index contributed by atoms with van der Waals surface area (Å²) >= 11 is 0. The second kappa shape index (κ2) is 49.5. The normalized spacial score (nSPS) is 19.8. The van der Waals surface area contributed by atoms with Crippen molar-refractivity contribution in [2.45, 2.75) is 314 Å². The largest absolute Gasteiger partial charge is 0.454 e. The van der Waals surface area contributed by atoms with Gasteiger partial charge in [0.05, 0.1) is 25.4 Å². The van der Waals surface area contributed by atoms with Crippen LogP contribution in [0.2, 0.25) is 0 Å². The van der Waals surface area contributed by atoms with E-state index < -0.39 is 67.4 Å². The van der Waals surface area contributed by atoms with Gasteiger partial charge in [0.25, 0.3) is 0 Å². The van der Waals surface area contributed by atoms with Gasteiger partial charge in [-0.15, -0.1) is 0 Å². The van der Waals surface area contributed by atoms with E-state index in [9.17, 15) is 35.1 Å². The molecule has 0 aromatic heterocycles. The summed E-state index contributed by atoms with van der Waals surface area (Å²) in [7, 11) is 0. The first-order chi connectivity index (χ1) is 35.2. The van der Waals surface area contributed by atoms with Crippen LogP contribution in [0.4, 0.5) is 0 Å². The minimum Gasteiger partial charge on any atom is -0.454 e. The SMILES string of the molecule is CCCCC/C=C\C/C=C\C/C=C\CCCCCCCCC(=O)OC1C(OCC(NC(=O)C(O)CCCCCCCCCCCCCC)C(O)/C=C/CCCCCCCCCCCC)OC(CO)C(O)C1O. The average molecular weight is 1020 g/mol. The molecular formula is C61H111NO10. The number of esters is 1. The molecule has 0 spiro atoms. The number of hydrogen-bond acceptors (Lipinski definition) is 10. The summed E-state index contributed by atoms with van der Waals surface area (Å²) in [6, 6.07) is -1.02. The lowest BCUT2D eigenvalue weighted by Crippen LogP contribution is -2.61. The van der Waals surface area contributed by atoms with E-state index in [0.717, 1.165) is 89.9 Å². The monoisotopic (exact) mass is 1020 g/mol. The fourth-order valence-electron chi connectivity index (χ4n) is 9.19. The third-order valence-electron chi connectivity index (χ3n) is 14.0. The molecule has 11 heteroatoms. The summed E-state index contributed by atoms with van der Waals surface area (Å²) < 4.78 is 17.6. The van der Waals surface area contributed by atoms with E-state index >= 15 is 0 Å². The number of carbonyl (C=O) groups is 2. The number of ether oxygens (including phenoxy) is 3. The number of nitrogens with one attached hydrogen (secondary N) is 1. The maximum absolute atomic E-state index is 13.4. The molecule has 0 saturated carbocycles. The van der Waals surface area contributed by atoms with Crippen molar-refractivity contribution in [2.24, 2.45) is 0 Å². The first-order valence-electron chi connectivity index (χ1n) is 29.9. The Bertz CT molecular complexity index is 1350. The zero-order chi connectivity index (χ0) is 52.5. The molecule has 1 saturated heterocycles. The fraction of sp³-hybridized carbons (Fsp3) is 0.836. The highest BCUT2D eigenvalue weighted by molar-refractivity contribution is 5.80. The minimum absolute atomic E-state index is 0.110. The Morgan fingerprint density at radius 3 is 1.46 bits per heavy atom. The summed E-state index contributed by atoms with van der Waals surface area (Å²) in [6.07, 6.45) is 48.6. The number of amides is 1. The van der Waals surface area contributed by atoms with E-state index in [1.165, 1.54) is 128 Å². The number of aliphatic hydroxyl groups excluding tert-OH is 5. The van der Waals surface area contributed by atoms with Crippen molar-refractivity contribution in [3.8, 4) is 0 Å². The molecule has 0 aromatic carbocycles. The smallest absolute Gasteiger partial charge is 0.306 e.